The van der Waals surface area contributed by atoms with Gasteiger partial charge < -0.3 is 10.1 Å². The van der Waals surface area contributed by atoms with Crippen LogP contribution in [0.25, 0.3) is 0 Å². The number of rotatable bonds is 7. The fraction of sp³-hybridized carbons (Fsp3) is 0.136. The molecule has 0 bridgehead atoms. The first kappa shape index (κ1) is 21.7. The summed E-state index contributed by atoms with van der Waals surface area (Å²) in [7, 11) is -3.69. The van der Waals surface area contributed by atoms with E-state index < -0.39 is 15.9 Å². The van der Waals surface area contributed by atoms with Crippen LogP contribution in [0.4, 0.5) is 11.4 Å². The Balaban J connectivity index is 1.76. The third kappa shape index (κ3) is 5.52. The zero-order chi connectivity index (χ0) is 21.7. The molecule has 3 aromatic carbocycles. The van der Waals surface area contributed by atoms with E-state index in [9.17, 15) is 13.2 Å². The molecular formula is C22H21ClN2O4S. The van der Waals surface area contributed by atoms with E-state index in [-0.39, 0.29) is 6.54 Å². The van der Waals surface area contributed by atoms with E-state index in [2.05, 4.69) is 5.32 Å². The van der Waals surface area contributed by atoms with Gasteiger partial charge >= 0.3 is 0 Å². The van der Waals surface area contributed by atoms with Gasteiger partial charge in [-0.3, -0.25) is 9.10 Å². The van der Waals surface area contributed by atoms with E-state index in [0.717, 1.165) is 10.6 Å². The monoisotopic (exact) mass is 444 g/mol. The van der Waals surface area contributed by atoms with Crippen LogP contribution in [0.5, 0.6) is 11.5 Å². The van der Waals surface area contributed by atoms with Crippen LogP contribution in [0.3, 0.4) is 0 Å². The number of anilines is 2. The summed E-state index contributed by atoms with van der Waals surface area (Å²) in [5.41, 5.74) is 1.60. The summed E-state index contributed by atoms with van der Waals surface area (Å²) < 4.78 is 31.4. The maximum absolute atomic E-state index is 12.5. The first-order chi connectivity index (χ1) is 14.2. The molecule has 8 heteroatoms. The normalized spacial score (nSPS) is 11.0. The van der Waals surface area contributed by atoms with Gasteiger partial charge in [-0.1, -0.05) is 35.9 Å². The van der Waals surface area contributed by atoms with Gasteiger partial charge in [0.1, 0.15) is 18.0 Å². The smallest absolute Gasteiger partial charge is 0.245 e. The molecule has 0 aliphatic carbocycles. The molecule has 0 saturated heterocycles. The van der Waals surface area contributed by atoms with Crippen LogP contribution >= 0.6 is 11.6 Å². The Bertz CT molecular complexity index is 1130. The average molecular weight is 445 g/mol. The molecule has 0 atom stereocenters. The second-order valence-corrected chi connectivity index (χ2v) is 8.95. The number of para-hydroxylation sites is 1. The van der Waals surface area contributed by atoms with E-state index in [0.29, 0.717) is 33.5 Å². The molecule has 0 aliphatic rings. The van der Waals surface area contributed by atoms with Gasteiger partial charge in [0.25, 0.3) is 0 Å². The molecule has 3 aromatic rings. The van der Waals surface area contributed by atoms with Crippen molar-refractivity contribution in [1.29, 1.82) is 0 Å². The largest absolute Gasteiger partial charge is 0.457 e. The molecule has 1 N–H and O–H groups in total. The van der Waals surface area contributed by atoms with Crippen molar-refractivity contribution in [3.8, 4) is 11.5 Å². The van der Waals surface area contributed by atoms with E-state index in [4.69, 9.17) is 16.3 Å². The number of benzene rings is 3. The van der Waals surface area contributed by atoms with Crippen molar-refractivity contribution < 1.29 is 17.9 Å². The first-order valence-electron chi connectivity index (χ1n) is 9.09. The van der Waals surface area contributed by atoms with Crippen LogP contribution in [-0.4, -0.2) is 27.1 Å². The molecule has 3 rings (SSSR count). The lowest BCUT2D eigenvalue weighted by Gasteiger charge is -2.22. The highest BCUT2D eigenvalue weighted by molar-refractivity contribution is 7.92. The van der Waals surface area contributed by atoms with Crippen molar-refractivity contribution in [1.82, 2.24) is 0 Å². The lowest BCUT2D eigenvalue weighted by atomic mass is 10.2. The van der Waals surface area contributed by atoms with Crippen molar-refractivity contribution in [2.24, 2.45) is 0 Å². The summed E-state index contributed by atoms with van der Waals surface area (Å²) in [5, 5.41) is 3.23. The van der Waals surface area contributed by atoms with Crippen LogP contribution in [0.2, 0.25) is 5.02 Å². The molecule has 0 unspecified atom stereocenters. The molecule has 0 fully saturated rings. The highest BCUT2D eigenvalue weighted by Crippen LogP contribution is 2.26. The van der Waals surface area contributed by atoms with Crippen LogP contribution in [0, 0.1) is 6.92 Å². The number of carbonyl (C=O) groups is 1. The summed E-state index contributed by atoms with van der Waals surface area (Å²) >= 11 is 6.07. The third-order valence-electron chi connectivity index (χ3n) is 4.33. The summed E-state index contributed by atoms with van der Waals surface area (Å²) in [6.45, 7) is 1.40. The van der Waals surface area contributed by atoms with E-state index in [1.165, 1.54) is 0 Å². The van der Waals surface area contributed by atoms with Crippen LogP contribution in [0.15, 0.2) is 72.8 Å². The molecule has 6 nitrogen and oxygen atoms in total. The number of hydrogen-bond acceptors (Lipinski definition) is 4. The number of hydrogen-bond donors (Lipinski definition) is 1. The fourth-order valence-corrected chi connectivity index (χ4v) is 3.80. The molecule has 0 aliphatic heterocycles. The Hall–Kier alpha value is -3.03. The van der Waals surface area contributed by atoms with Gasteiger partial charge in [0.2, 0.25) is 15.9 Å². The predicted octanol–water partition coefficient (Wildman–Crippen LogP) is 4.85. The van der Waals surface area contributed by atoms with Gasteiger partial charge in [-0.05, 0) is 61.0 Å². The second kappa shape index (κ2) is 9.19. The van der Waals surface area contributed by atoms with Crippen molar-refractivity contribution in [3.63, 3.8) is 0 Å². The molecule has 156 valence electrons. The maximum atomic E-state index is 12.5. The lowest BCUT2D eigenvalue weighted by Crippen LogP contribution is -2.37. The Morgan fingerprint density at radius 3 is 2.23 bits per heavy atom. The predicted molar refractivity (Wildman–Crippen MR) is 120 cm³/mol. The van der Waals surface area contributed by atoms with E-state index in [1.54, 1.807) is 49.4 Å². The minimum atomic E-state index is -3.69. The molecule has 0 radical (unpaired) electrons. The first-order valence-corrected chi connectivity index (χ1v) is 11.3. The van der Waals surface area contributed by atoms with E-state index in [1.807, 2.05) is 30.3 Å². The van der Waals surface area contributed by atoms with Crippen molar-refractivity contribution >= 4 is 38.9 Å². The van der Waals surface area contributed by atoms with Crippen LogP contribution in [-0.2, 0) is 14.8 Å². The van der Waals surface area contributed by atoms with Gasteiger partial charge in [0.05, 0.1) is 11.9 Å². The van der Waals surface area contributed by atoms with Crippen LogP contribution < -0.4 is 14.4 Å². The zero-order valence-electron chi connectivity index (χ0n) is 16.5. The summed E-state index contributed by atoms with van der Waals surface area (Å²) in [5.74, 6) is 0.745. The number of nitrogens with one attached hydrogen (secondary N) is 1. The standard InChI is InChI=1S/C22H21ClN2O4S/c1-16-20(23)9-6-10-21(16)24-22(26)15-25(30(2,27)28)17-11-13-19(14-12-17)29-18-7-4-3-5-8-18/h3-14H,15H2,1-2H3,(H,24,26). The number of carbonyl (C=O) groups excluding carboxylic acids is 1. The summed E-state index contributed by atoms with van der Waals surface area (Å²) in [6, 6.07) is 20.9. The molecule has 1 amide bonds. The molecule has 0 aromatic heterocycles. The number of nitrogens with zero attached hydrogens (tertiary/aromatic N) is 1. The van der Waals surface area contributed by atoms with Crippen molar-refractivity contribution in [2.45, 2.75) is 6.92 Å². The molecule has 0 heterocycles. The maximum Gasteiger partial charge on any atom is 0.245 e. The Morgan fingerprint density at radius 2 is 1.60 bits per heavy atom. The fourth-order valence-electron chi connectivity index (χ4n) is 2.77. The van der Waals surface area contributed by atoms with Gasteiger partial charge in [-0.25, -0.2) is 8.42 Å². The van der Waals surface area contributed by atoms with Gasteiger partial charge in [0.15, 0.2) is 0 Å². The minimum Gasteiger partial charge on any atom is -0.457 e. The topological polar surface area (TPSA) is 75.7 Å². The minimum absolute atomic E-state index is 0.357. The highest BCUT2D eigenvalue weighted by atomic mass is 35.5. The van der Waals surface area contributed by atoms with Crippen LogP contribution in [0.1, 0.15) is 5.56 Å². The Labute approximate surface area is 181 Å². The molecule has 0 spiro atoms. The summed E-state index contributed by atoms with van der Waals surface area (Å²) in [4.78, 5) is 12.5. The average Bonchev–Trinajstić information content (AvgIpc) is 2.70. The van der Waals surface area contributed by atoms with Gasteiger partial charge in [-0.2, -0.15) is 0 Å². The molecule has 30 heavy (non-hydrogen) atoms. The van der Waals surface area contributed by atoms with Crippen molar-refractivity contribution in [2.75, 3.05) is 22.4 Å². The Kier molecular flexibility index (Phi) is 6.64. The van der Waals surface area contributed by atoms with Crippen molar-refractivity contribution in [3.05, 3.63) is 83.4 Å². The molecular weight excluding hydrogens is 424 g/mol. The Morgan fingerprint density at radius 1 is 0.967 bits per heavy atom. The lowest BCUT2D eigenvalue weighted by molar-refractivity contribution is -0.114. The third-order valence-corrected chi connectivity index (χ3v) is 5.88. The quantitative estimate of drug-likeness (QED) is 0.565. The van der Waals surface area contributed by atoms with E-state index >= 15 is 0 Å². The van der Waals surface area contributed by atoms with Gasteiger partial charge in [-0.15, -0.1) is 0 Å². The number of sulfonamides is 1. The SMILES string of the molecule is Cc1c(Cl)cccc1NC(=O)CN(c1ccc(Oc2ccccc2)cc1)S(C)(=O)=O. The summed E-state index contributed by atoms with van der Waals surface area (Å²) in [6.07, 6.45) is 1.05. The number of halogens is 1. The number of amides is 1. The number of ether oxygens (including phenoxy) is 1. The van der Waals surface area contributed by atoms with Gasteiger partial charge in [0, 0.05) is 10.7 Å². The molecule has 0 saturated carbocycles. The second-order valence-electron chi connectivity index (χ2n) is 6.64. The highest BCUT2D eigenvalue weighted by Gasteiger charge is 2.21. The zero-order valence-corrected chi connectivity index (χ0v) is 18.1.